The number of H-pyrrole nitrogens is 1. The van der Waals surface area contributed by atoms with Crippen molar-refractivity contribution >= 4 is 28.4 Å². The fraction of sp³-hybridized carbons (Fsp3) is 0.308. The molecule has 1 amide bonds. The number of hydrogen-bond donors (Lipinski definition) is 3. The van der Waals surface area contributed by atoms with E-state index < -0.39 is 0 Å². The van der Waals surface area contributed by atoms with Crippen LogP contribution in [0, 0.1) is 0 Å². The molecule has 20 heavy (non-hydrogen) atoms. The van der Waals surface area contributed by atoms with Crippen LogP contribution in [0.4, 0.5) is 0 Å². The first kappa shape index (κ1) is 13.1. The smallest absolute Gasteiger partial charge is 0.258 e. The van der Waals surface area contributed by atoms with E-state index in [4.69, 9.17) is 11.6 Å². The largest absolute Gasteiger partial charge is 0.354 e. The molecule has 7 heteroatoms. The summed E-state index contributed by atoms with van der Waals surface area (Å²) in [6.45, 7) is 1.000. The monoisotopic (exact) mass is 292 g/mol. The van der Waals surface area contributed by atoms with Gasteiger partial charge in [0.2, 0.25) is 5.91 Å². The maximum absolute atomic E-state index is 11.9. The molecular weight excluding hydrogens is 280 g/mol. The first-order valence-corrected chi connectivity index (χ1v) is 6.68. The number of halogens is 1. The summed E-state index contributed by atoms with van der Waals surface area (Å²) in [6, 6.07) is 5.05. The van der Waals surface area contributed by atoms with Gasteiger partial charge in [-0.15, -0.1) is 0 Å². The highest BCUT2D eigenvalue weighted by molar-refractivity contribution is 6.31. The van der Waals surface area contributed by atoms with Crippen LogP contribution in [0.1, 0.15) is 12.2 Å². The molecule has 104 valence electrons. The topological polar surface area (TPSA) is 86.9 Å². The van der Waals surface area contributed by atoms with E-state index in [0.29, 0.717) is 41.3 Å². The van der Waals surface area contributed by atoms with Crippen molar-refractivity contribution in [2.45, 2.75) is 19.0 Å². The van der Waals surface area contributed by atoms with Crippen LogP contribution in [0.2, 0.25) is 5.02 Å². The van der Waals surface area contributed by atoms with Crippen LogP contribution >= 0.6 is 11.6 Å². The second kappa shape index (κ2) is 5.22. The van der Waals surface area contributed by atoms with Gasteiger partial charge in [0, 0.05) is 24.0 Å². The number of carbonyl (C=O) groups excluding carboxylic acids is 1. The van der Waals surface area contributed by atoms with Crippen LogP contribution in [0.25, 0.3) is 10.9 Å². The highest BCUT2D eigenvalue weighted by Gasteiger charge is 2.20. The second-order valence-electron chi connectivity index (χ2n) is 4.76. The molecule has 3 rings (SSSR count). The maximum Gasteiger partial charge on any atom is 0.258 e. The average Bonchev–Trinajstić information content (AvgIpc) is 2.82. The van der Waals surface area contributed by atoms with Gasteiger partial charge in [0.05, 0.1) is 17.4 Å². The Morgan fingerprint density at radius 3 is 3.00 bits per heavy atom. The number of nitrogens with zero attached hydrogens (tertiary/aromatic N) is 1. The van der Waals surface area contributed by atoms with Crippen molar-refractivity contribution in [1.82, 2.24) is 20.6 Å². The van der Waals surface area contributed by atoms with Gasteiger partial charge >= 0.3 is 0 Å². The third-order valence-electron chi connectivity index (χ3n) is 3.25. The van der Waals surface area contributed by atoms with Gasteiger partial charge in [-0.3, -0.25) is 9.59 Å². The summed E-state index contributed by atoms with van der Waals surface area (Å²) in [6.07, 6.45) is 0.448. The molecule has 2 aromatic rings. The van der Waals surface area contributed by atoms with Crippen LogP contribution in [-0.4, -0.2) is 28.5 Å². The van der Waals surface area contributed by atoms with Gasteiger partial charge in [-0.2, -0.15) is 0 Å². The predicted molar refractivity (Wildman–Crippen MR) is 75.6 cm³/mol. The van der Waals surface area contributed by atoms with E-state index in [2.05, 4.69) is 20.6 Å². The lowest BCUT2D eigenvalue weighted by Gasteiger charge is -2.09. The lowest BCUT2D eigenvalue weighted by Crippen LogP contribution is -2.31. The molecule has 0 spiro atoms. The van der Waals surface area contributed by atoms with E-state index in [1.165, 1.54) is 0 Å². The van der Waals surface area contributed by atoms with E-state index in [1.54, 1.807) is 18.2 Å². The Kier molecular flexibility index (Phi) is 3.42. The summed E-state index contributed by atoms with van der Waals surface area (Å²) >= 11 is 5.91. The molecule has 1 aromatic carbocycles. The molecule has 6 nitrogen and oxygen atoms in total. The number of amides is 1. The first-order valence-electron chi connectivity index (χ1n) is 6.30. The highest BCUT2D eigenvalue weighted by Crippen LogP contribution is 2.14. The number of nitrogens with one attached hydrogen (secondary N) is 3. The Morgan fingerprint density at radius 1 is 1.40 bits per heavy atom. The zero-order chi connectivity index (χ0) is 14.1. The molecule has 1 unspecified atom stereocenters. The number of fused-ring (bicyclic) bond motifs is 1. The molecule has 0 saturated carbocycles. The third kappa shape index (κ3) is 2.66. The molecule has 1 atom stereocenters. The zero-order valence-corrected chi connectivity index (χ0v) is 11.3. The molecule has 0 bridgehead atoms. The van der Waals surface area contributed by atoms with Crippen LogP contribution < -0.4 is 16.2 Å². The minimum atomic E-state index is -0.191. The summed E-state index contributed by atoms with van der Waals surface area (Å²) in [5.74, 6) is 0.568. The average molecular weight is 293 g/mol. The fourth-order valence-electron chi connectivity index (χ4n) is 2.24. The second-order valence-corrected chi connectivity index (χ2v) is 5.20. The maximum atomic E-state index is 11.9. The van der Waals surface area contributed by atoms with Crippen molar-refractivity contribution in [2.75, 3.05) is 6.54 Å². The van der Waals surface area contributed by atoms with Gasteiger partial charge < -0.3 is 15.6 Å². The lowest BCUT2D eigenvalue weighted by atomic mass is 10.2. The number of benzene rings is 1. The molecule has 1 saturated heterocycles. The number of aromatic nitrogens is 2. The number of hydrogen-bond acceptors (Lipinski definition) is 4. The highest BCUT2D eigenvalue weighted by atomic mass is 35.5. The molecule has 0 aliphatic carbocycles. The van der Waals surface area contributed by atoms with Crippen LogP contribution in [0.15, 0.2) is 23.0 Å². The first-order chi connectivity index (χ1) is 9.61. The Balaban J connectivity index is 1.81. The molecule has 1 aliphatic heterocycles. The van der Waals surface area contributed by atoms with Crippen molar-refractivity contribution in [3.8, 4) is 0 Å². The van der Waals surface area contributed by atoms with Crippen molar-refractivity contribution < 1.29 is 4.79 Å². The third-order valence-corrected chi connectivity index (χ3v) is 3.49. The van der Waals surface area contributed by atoms with E-state index in [9.17, 15) is 9.59 Å². The Morgan fingerprint density at radius 2 is 2.25 bits per heavy atom. The van der Waals surface area contributed by atoms with Crippen LogP contribution in [0.3, 0.4) is 0 Å². The summed E-state index contributed by atoms with van der Waals surface area (Å²) in [5, 5.41) is 6.98. The van der Waals surface area contributed by atoms with E-state index >= 15 is 0 Å². The summed E-state index contributed by atoms with van der Waals surface area (Å²) in [7, 11) is 0. The molecule has 1 fully saturated rings. The summed E-state index contributed by atoms with van der Waals surface area (Å²) < 4.78 is 0. The van der Waals surface area contributed by atoms with Gasteiger partial charge in [-0.05, 0) is 18.2 Å². The quantitative estimate of drug-likeness (QED) is 0.771. The summed E-state index contributed by atoms with van der Waals surface area (Å²) in [5.41, 5.74) is 0.378. The van der Waals surface area contributed by atoms with E-state index in [1.807, 2.05) is 0 Å². The van der Waals surface area contributed by atoms with Gasteiger partial charge in [0.1, 0.15) is 5.82 Å². The van der Waals surface area contributed by atoms with Gasteiger partial charge in [0.25, 0.3) is 5.56 Å². The van der Waals surface area contributed by atoms with E-state index in [0.717, 1.165) is 0 Å². The van der Waals surface area contributed by atoms with Gasteiger partial charge in [-0.1, -0.05) is 11.6 Å². The zero-order valence-electron chi connectivity index (χ0n) is 10.6. The summed E-state index contributed by atoms with van der Waals surface area (Å²) in [4.78, 5) is 30.1. The molecule has 3 N–H and O–H groups in total. The standard InChI is InChI=1S/C13H13ClN4O2/c14-7-1-2-9-10(3-7)17-11(18-13(9)20)6-15-8-4-12(19)16-5-8/h1-3,8,15H,4-6H2,(H,16,19)(H,17,18,20). The van der Waals surface area contributed by atoms with Crippen molar-refractivity contribution in [1.29, 1.82) is 0 Å². The van der Waals surface area contributed by atoms with Gasteiger partial charge in [0.15, 0.2) is 0 Å². The fourth-order valence-corrected chi connectivity index (χ4v) is 2.40. The number of rotatable bonds is 3. The molecule has 1 aliphatic rings. The minimum absolute atomic E-state index is 0.0363. The van der Waals surface area contributed by atoms with Crippen LogP contribution in [0.5, 0.6) is 0 Å². The Hall–Kier alpha value is -1.92. The van der Waals surface area contributed by atoms with Crippen molar-refractivity contribution in [3.63, 3.8) is 0 Å². The van der Waals surface area contributed by atoms with Crippen molar-refractivity contribution in [2.24, 2.45) is 0 Å². The lowest BCUT2D eigenvalue weighted by molar-refractivity contribution is -0.119. The molecule has 1 aromatic heterocycles. The van der Waals surface area contributed by atoms with Crippen LogP contribution in [-0.2, 0) is 11.3 Å². The predicted octanol–water partition coefficient (Wildman–Crippen LogP) is 0.555. The van der Waals surface area contributed by atoms with E-state index in [-0.39, 0.29) is 17.5 Å². The molecular formula is C13H13ClN4O2. The van der Waals surface area contributed by atoms with Crippen molar-refractivity contribution in [3.05, 3.63) is 39.4 Å². The van der Waals surface area contributed by atoms with Gasteiger partial charge in [-0.25, -0.2) is 4.98 Å². The number of aromatic amines is 1. The normalized spacial score (nSPS) is 18.4. The minimum Gasteiger partial charge on any atom is -0.354 e. The Labute approximate surface area is 119 Å². The SMILES string of the molecule is O=C1CC(NCc2nc3cc(Cl)ccc3c(=O)[nH]2)CN1. The molecule has 2 heterocycles. The molecule has 0 radical (unpaired) electrons. The Bertz CT molecular complexity index is 728. The number of carbonyl (C=O) groups is 1.